The highest BCUT2D eigenvalue weighted by Crippen LogP contribution is 2.42. The Balaban J connectivity index is 0.000000326. The number of thiophene rings is 1. The van der Waals surface area contributed by atoms with Gasteiger partial charge in [-0.25, -0.2) is 9.37 Å². The molecule has 216 valence electrons. The van der Waals surface area contributed by atoms with Gasteiger partial charge >= 0.3 is 7.05 Å². The Labute approximate surface area is 236 Å². The van der Waals surface area contributed by atoms with Crippen LogP contribution in [0.15, 0.2) is 34.8 Å². The van der Waals surface area contributed by atoms with E-state index in [1.165, 1.54) is 0 Å². The van der Waals surface area contributed by atoms with E-state index >= 15 is 0 Å². The molecule has 2 saturated heterocycles. The smallest absolute Gasteiger partial charge is 0.408 e. The third-order valence-electron chi connectivity index (χ3n) is 7.04. The van der Waals surface area contributed by atoms with Crippen LogP contribution in [-0.4, -0.2) is 85.2 Å². The quantitative estimate of drug-likeness (QED) is 0.477. The third kappa shape index (κ3) is 7.70. The number of aliphatic imine (C=N–C) groups is 1. The van der Waals surface area contributed by atoms with Gasteiger partial charge in [0.1, 0.15) is 22.9 Å². The van der Waals surface area contributed by atoms with E-state index in [2.05, 4.69) is 20.5 Å². The molecule has 1 spiro atoms. The van der Waals surface area contributed by atoms with Gasteiger partial charge in [0.2, 0.25) is 0 Å². The fourth-order valence-electron chi connectivity index (χ4n) is 4.97. The van der Waals surface area contributed by atoms with E-state index in [4.69, 9.17) is 14.5 Å². The van der Waals surface area contributed by atoms with Gasteiger partial charge < -0.3 is 29.9 Å². The number of methoxy groups -OCH3 is 1. The van der Waals surface area contributed by atoms with Crippen LogP contribution in [0.1, 0.15) is 51.8 Å². The Bertz CT molecular complexity index is 1100. The molecule has 0 aromatic carbocycles. The van der Waals surface area contributed by atoms with Crippen LogP contribution in [0, 0.1) is 0 Å². The number of carbonyl (C=O) groups is 1. The van der Waals surface area contributed by atoms with Gasteiger partial charge in [0.25, 0.3) is 5.91 Å². The van der Waals surface area contributed by atoms with Gasteiger partial charge in [-0.05, 0) is 37.4 Å². The lowest BCUT2D eigenvalue weighted by Crippen LogP contribution is -2.57. The van der Waals surface area contributed by atoms with Crippen LogP contribution in [0.5, 0.6) is 11.5 Å². The average molecular weight is 564 g/mol. The van der Waals surface area contributed by atoms with Gasteiger partial charge in [0, 0.05) is 64.5 Å². The molecular formula is C27H43BFN5O4S. The van der Waals surface area contributed by atoms with Crippen molar-refractivity contribution >= 4 is 35.8 Å². The van der Waals surface area contributed by atoms with Crippen molar-refractivity contribution in [3.8, 4) is 11.5 Å². The van der Waals surface area contributed by atoms with Gasteiger partial charge in [-0.3, -0.25) is 9.79 Å². The topological polar surface area (TPSA) is 108 Å². The van der Waals surface area contributed by atoms with Gasteiger partial charge in [-0.2, -0.15) is 0 Å². The summed E-state index contributed by atoms with van der Waals surface area (Å²) in [6.45, 7) is 3.87. The molecule has 0 radical (unpaired) electrons. The van der Waals surface area contributed by atoms with Crippen LogP contribution in [0.3, 0.4) is 0 Å². The highest BCUT2D eigenvalue weighted by Gasteiger charge is 2.47. The number of rotatable bonds is 4. The zero-order valence-electron chi connectivity index (χ0n) is 21.6. The highest BCUT2D eigenvalue weighted by molar-refractivity contribution is 7.12. The van der Waals surface area contributed by atoms with E-state index < -0.39 is 12.7 Å². The Morgan fingerprint density at radius 3 is 2.59 bits per heavy atom. The molecule has 0 atom stereocenters. The molecule has 0 aliphatic carbocycles. The summed E-state index contributed by atoms with van der Waals surface area (Å²) in [5.74, 6) is 1.88. The lowest BCUT2D eigenvalue weighted by molar-refractivity contribution is -0.149. The number of carbonyl (C=O) groups excluding carboxylic acids is 1. The largest absolute Gasteiger partial charge is 0.497 e. The van der Waals surface area contributed by atoms with E-state index in [-0.39, 0.29) is 39.2 Å². The van der Waals surface area contributed by atoms with E-state index in [9.17, 15) is 9.18 Å². The minimum Gasteiger partial charge on any atom is -0.497 e. The summed E-state index contributed by atoms with van der Waals surface area (Å²) in [7, 11) is 2.80. The van der Waals surface area contributed by atoms with Crippen LogP contribution >= 0.6 is 11.3 Å². The monoisotopic (exact) mass is 563 g/mol. The summed E-state index contributed by atoms with van der Waals surface area (Å²) >= 11 is 1.65. The number of alkyl halides is 1. The molecule has 3 N–H and O–H groups in total. The fraction of sp³-hybridized carbons (Fsp3) is 0.593. The number of anilines is 1. The van der Waals surface area contributed by atoms with Crippen LogP contribution in [-0.2, 0) is 4.79 Å². The predicted molar refractivity (Wildman–Crippen MR) is 158 cm³/mol. The normalized spacial score (nSPS) is 19.7. The van der Waals surface area contributed by atoms with E-state index in [1.807, 2.05) is 18.5 Å². The van der Waals surface area contributed by atoms with Crippen LogP contribution in [0.25, 0.3) is 0 Å². The zero-order chi connectivity index (χ0) is 26.5. The molecule has 2 aromatic rings. The summed E-state index contributed by atoms with van der Waals surface area (Å²) in [5.41, 5.74) is -0.923. The van der Waals surface area contributed by atoms with E-state index in [0.29, 0.717) is 37.7 Å². The van der Waals surface area contributed by atoms with Crippen molar-refractivity contribution in [2.75, 3.05) is 45.6 Å². The van der Waals surface area contributed by atoms with Crippen molar-refractivity contribution in [2.24, 2.45) is 4.99 Å². The van der Waals surface area contributed by atoms with E-state index in [1.54, 1.807) is 48.5 Å². The number of nitrogens with one attached hydrogen (secondary N) is 2. The Hall–Kier alpha value is -2.70. The summed E-state index contributed by atoms with van der Waals surface area (Å²) < 4.78 is 26.3. The number of pyridine rings is 1. The SMILES string of the molecule is C.C.CN=C1CC2(CCN(C(=O)C3(F)CCNCC3)CC2)Oc2ccsc21.COc1ccnc(NB(C)O)c1. The molecule has 5 heterocycles. The van der Waals surface area contributed by atoms with Crippen LogP contribution in [0.2, 0.25) is 6.82 Å². The standard InChI is InChI=1S/C18H24FN3O2S.C7H11BN2O2.2CH4/c1-20-13-12-17(24-14-2-11-25-15(13)14)5-9-22(10-6-17)16(23)18(19)3-7-21-8-4-18;1-8(11)10-7-5-6(12-2)3-4-9-7;;/h2,11,21H,3-10,12H2,1H3;3-5,11H,1-2H3,(H,9,10);2*1H4. The number of likely N-dealkylation sites (tertiary alicyclic amines) is 1. The second kappa shape index (κ2) is 14.1. The number of hydrogen-bond donors (Lipinski definition) is 3. The van der Waals surface area contributed by atoms with Gasteiger partial charge in [0.05, 0.1) is 17.7 Å². The molecule has 2 fully saturated rings. The highest BCUT2D eigenvalue weighted by atomic mass is 32.1. The number of fused-ring (bicyclic) bond motifs is 1. The van der Waals surface area contributed by atoms with E-state index in [0.717, 1.165) is 35.6 Å². The molecule has 9 nitrogen and oxygen atoms in total. The minimum absolute atomic E-state index is 0. The first-order valence-corrected chi connectivity index (χ1v) is 13.5. The summed E-state index contributed by atoms with van der Waals surface area (Å²) in [6, 6.07) is 5.45. The second-order valence-corrected chi connectivity index (χ2v) is 10.6. The van der Waals surface area contributed by atoms with Gasteiger partial charge in [-0.1, -0.05) is 14.9 Å². The molecule has 0 bridgehead atoms. The van der Waals surface area contributed by atoms with Crippen molar-refractivity contribution in [3.05, 3.63) is 34.7 Å². The Morgan fingerprint density at radius 1 is 1.28 bits per heavy atom. The number of piperidine rings is 2. The summed E-state index contributed by atoms with van der Waals surface area (Å²) in [6.07, 6.45) is 4.37. The number of amides is 1. The molecule has 39 heavy (non-hydrogen) atoms. The maximum absolute atomic E-state index is 15.0. The minimum atomic E-state index is -1.69. The number of aromatic nitrogens is 1. The zero-order valence-corrected chi connectivity index (χ0v) is 22.4. The summed E-state index contributed by atoms with van der Waals surface area (Å²) in [4.78, 5) is 23.9. The molecule has 2 aromatic heterocycles. The van der Waals surface area contributed by atoms with Crippen molar-refractivity contribution in [1.29, 1.82) is 0 Å². The van der Waals surface area contributed by atoms with Gasteiger partial charge in [0.15, 0.2) is 5.67 Å². The second-order valence-electron chi connectivity index (χ2n) is 9.65. The first-order valence-electron chi connectivity index (χ1n) is 12.6. The molecule has 3 aliphatic heterocycles. The number of halogens is 1. The van der Waals surface area contributed by atoms with Crippen LogP contribution < -0.4 is 20.0 Å². The lowest BCUT2D eigenvalue weighted by atomic mass is 9.83. The van der Waals surface area contributed by atoms with Gasteiger partial charge in [-0.15, -0.1) is 11.3 Å². The first-order chi connectivity index (χ1) is 17.8. The van der Waals surface area contributed by atoms with Crippen LogP contribution in [0.4, 0.5) is 10.2 Å². The maximum Gasteiger partial charge on any atom is 0.408 e. The summed E-state index contributed by atoms with van der Waals surface area (Å²) in [5, 5.41) is 16.9. The van der Waals surface area contributed by atoms with Crippen molar-refractivity contribution in [1.82, 2.24) is 15.2 Å². The Kier molecular flexibility index (Phi) is 11.7. The molecule has 0 unspecified atom stereocenters. The molecule has 5 rings (SSSR count). The first kappa shape index (κ1) is 32.5. The average Bonchev–Trinajstić information content (AvgIpc) is 3.37. The predicted octanol–water partition coefficient (Wildman–Crippen LogP) is 4.29. The fourth-order valence-corrected chi connectivity index (χ4v) is 5.82. The molecular weight excluding hydrogens is 520 g/mol. The third-order valence-corrected chi connectivity index (χ3v) is 7.99. The Morgan fingerprint density at radius 2 is 1.97 bits per heavy atom. The molecule has 0 saturated carbocycles. The molecule has 12 heteroatoms. The molecule has 3 aliphatic rings. The van der Waals surface area contributed by atoms with Crippen molar-refractivity contribution in [3.63, 3.8) is 0 Å². The van der Waals surface area contributed by atoms with Crippen molar-refractivity contribution in [2.45, 2.75) is 65.1 Å². The number of ether oxygens (including phenoxy) is 2. The maximum atomic E-state index is 15.0. The van der Waals surface area contributed by atoms with Crippen molar-refractivity contribution < 1.29 is 23.7 Å². The lowest BCUT2D eigenvalue weighted by Gasteiger charge is -2.45. The molecule has 1 amide bonds. The number of nitrogens with zero attached hydrogens (tertiary/aromatic N) is 3. The number of hydrogen-bond acceptors (Lipinski definition) is 9.